The summed E-state index contributed by atoms with van der Waals surface area (Å²) in [6.07, 6.45) is 1.66. The lowest BCUT2D eigenvalue weighted by Crippen LogP contribution is -2.12. The molecule has 8 heteroatoms. The van der Waals surface area contributed by atoms with Gasteiger partial charge in [0.25, 0.3) is 0 Å². The molecule has 0 radical (unpaired) electrons. The molecule has 1 rings (SSSR count). The summed E-state index contributed by atoms with van der Waals surface area (Å²) in [5, 5.41) is 20.1. The van der Waals surface area contributed by atoms with E-state index in [4.69, 9.17) is 15.9 Å². The van der Waals surface area contributed by atoms with Gasteiger partial charge in [-0.2, -0.15) is 5.21 Å². The van der Waals surface area contributed by atoms with E-state index in [1.54, 1.807) is 0 Å². The van der Waals surface area contributed by atoms with Crippen LogP contribution in [0.2, 0.25) is 0 Å². The van der Waals surface area contributed by atoms with Gasteiger partial charge in [-0.1, -0.05) is 5.21 Å². The highest BCUT2D eigenvalue weighted by Crippen LogP contribution is 1.98. The molecule has 88 valence electrons. The molecule has 8 nitrogen and oxygen atoms in total. The summed E-state index contributed by atoms with van der Waals surface area (Å²) in [6, 6.07) is 0. The number of aromatic nitrogens is 4. The van der Waals surface area contributed by atoms with Crippen LogP contribution in [0.15, 0.2) is 0 Å². The SMILES string of the molecule is N=C(N)CCCC(=O)OCCc1nn[nH]n1. The van der Waals surface area contributed by atoms with Crippen LogP contribution in [0, 0.1) is 5.41 Å². The number of H-pyrrole nitrogens is 1. The molecular formula is C8H14N6O2. The molecule has 1 heterocycles. The Hall–Kier alpha value is -1.99. The number of carbonyl (C=O) groups is 1. The number of amidine groups is 1. The molecule has 0 aliphatic heterocycles. The zero-order chi connectivity index (χ0) is 11.8. The zero-order valence-corrected chi connectivity index (χ0v) is 8.77. The summed E-state index contributed by atoms with van der Waals surface area (Å²) in [4.78, 5) is 11.2. The van der Waals surface area contributed by atoms with Crippen LogP contribution in [0.5, 0.6) is 0 Å². The molecule has 0 atom stereocenters. The predicted molar refractivity (Wildman–Crippen MR) is 54.6 cm³/mol. The normalized spacial score (nSPS) is 10.0. The maximum absolute atomic E-state index is 11.2. The van der Waals surface area contributed by atoms with Crippen LogP contribution < -0.4 is 5.73 Å². The minimum Gasteiger partial charge on any atom is -0.465 e. The van der Waals surface area contributed by atoms with E-state index < -0.39 is 0 Å². The Kier molecular flexibility index (Phi) is 4.90. The molecule has 1 aromatic rings. The molecule has 0 aliphatic rings. The monoisotopic (exact) mass is 226 g/mol. The van der Waals surface area contributed by atoms with Gasteiger partial charge < -0.3 is 10.5 Å². The quantitative estimate of drug-likeness (QED) is 0.323. The molecule has 0 saturated heterocycles. The Morgan fingerprint density at radius 1 is 1.50 bits per heavy atom. The highest BCUT2D eigenvalue weighted by atomic mass is 16.5. The van der Waals surface area contributed by atoms with Crippen molar-refractivity contribution >= 4 is 11.8 Å². The van der Waals surface area contributed by atoms with Crippen molar-refractivity contribution < 1.29 is 9.53 Å². The molecule has 0 aliphatic carbocycles. The van der Waals surface area contributed by atoms with Crippen LogP contribution in [-0.4, -0.2) is 39.0 Å². The molecule has 0 unspecified atom stereocenters. The van der Waals surface area contributed by atoms with Gasteiger partial charge in [-0.3, -0.25) is 10.2 Å². The molecule has 16 heavy (non-hydrogen) atoms. The van der Waals surface area contributed by atoms with Crippen molar-refractivity contribution in [3.05, 3.63) is 5.82 Å². The second kappa shape index (κ2) is 6.49. The largest absolute Gasteiger partial charge is 0.465 e. The Morgan fingerprint density at radius 2 is 2.31 bits per heavy atom. The third-order valence-corrected chi connectivity index (χ3v) is 1.80. The lowest BCUT2D eigenvalue weighted by atomic mass is 10.2. The van der Waals surface area contributed by atoms with Gasteiger partial charge >= 0.3 is 5.97 Å². The number of nitrogens with one attached hydrogen (secondary N) is 2. The first-order valence-electron chi connectivity index (χ1n) is 4.89. The summed E-state index contributed by atoms with van der Waals surface area (Å²) in [6.45, 7) is 0.235. The maximum atomic E-state index is 11.2. The Labute approximate surface area is 92.1 Å². The number of esters is 1. The van der Waals surface area contributed by atoms with E-state index in [1.165, 1.54) is 0 Å². The predicted octanol–water partition coefficient (Wildman–Crippen LogP) is -0.608. The first-order chi connectivity index (χ1) is 7.68. The average Bonchev–Trinajstić information content (AvgIpc) is 2.70. The molecule has 0 fully saturated rings. The van der Waals surface area contributed by atoms with E-state index in [1.807, 2.05) is 0 Å². The summed E-state index contributed by atoms with van der Waals surface area (Å²) in [7, 11) is 0. The van der Waals surface area contributed by atoms with Gasteiger partial charge in [-0.25, -0.2) is 0 Å². The van der Waals surface area contributed by atoms with Crippen molar-refractivity contribution in [2.75, 3.05) is 6.61 Å². The Morgan fingerprint density at radius 3 is 2.94 bits per heavy atom. The number of carbonyl (C=O) groups excluding carboxylic acids is 1. The molecule has 0 saturated carbocycles. The van der Waals surface area contributed by atoms with E-state index in [2.05, 4.69) is 20.6 Å². The minimum absolute atomic E-state index is 0.0830. The fourth-order valence-electron chi connectivity index (χ4n) is 1.04. The van der Waals surface area contributed by atoms with Crippen molar-refractivity contribution in [2.45, 2.75) is 25.7 Å². The van der Waals surface area contributed by atoms with Crippen molar-refractivity contribution in [2.24, 2.45) is 5.73 Å². The first-order valence-corrected chi connectivity index (χ1v) is 4.89. The first kappa shape index (κ1) is 12.1. The van der Waals surface area contributed by atoms with E-state index in [0.29, 0.717) is 25.1 Å². The number of nitrogens with two attached hydrogens (primary N) is 1. The van der Waals surface area contributed by atoms with E-state index in [-0.39, 0.29) is 24.8 Å². The van der Waals surface area contributed by atoms with Crippen LogP contribution in [0.4, 0.5) is 0 Å². The van der Waals surface area contributed by atoms with Crippen LogP contribution in [-0.2, 0) is 16.0 Å². The smallest absolute Gasteiger partial charge is 0.305 e. The van der Waals surface area contributed by atoms with Crippen LogP contribution in [0.3, 0.4) is 0 Å². The number of ether oxygens (including phenoxy) is 1. The summed E-state index contributed by atoms with van der Waals surface area (Å²) in [5.74, 6) is 0.292. The van der Waals surface area contributed by atoms with E-state index in [0.717, 1.165) is 0 Å². The molecule has 0 spiro atoms. The van der Waals surface area contributed by atoms with Gasteiger partial charge in [-0.05, 0) is 6.42 Å². The number of tetrazole rings is 1. The third-order valence-electron chi connectivity index (χ3n) is 1.80. The van der Waals surface area contributed by atoms with Crippen LogP contribution in [0.1, 0.15) is 25.1 Å². The molecule has 1 aromatic heterocycles. The van der Waals surface area contributed by atoms with Crippen molar-refractivity contribution in [1.82, 2.24) is 20.6 Å². The molecular weight excluding hydrogens is 212 g/mol. The second-order valence-corrected chi connectivity index (χ2v) is 3.18. The zero-order valence-electron chi connectivity index (χ0n) is 8.77. The van der Waals surface area contributed by atoms with Gasteiger partial charge in [0, 0.05) is 19.3 Å². The number of rotatable bonds is 7. The highest BCUT2D eigenvalue weighted by Gasteiger charge is 2.04. The topological polar surface area (TPSA) is 131 Å². The molecule has 0 aromatic carbocycles. The van der Waals surface area contributed by atoms with Crippen LogP contribution in [0.25, 0.3) is 0 Å². The lowest BCUT2D eigenvalue weighted by molar-refractivity contribution is -0.143. The summed E-state index contributed by atoms with van der Waals surface area (Å²) < 4.78 is 4.93. The summed E-state index contributed by atoms with van der Waals surface area (Å²) in [5.41, 5.74) is 5.15. The van der Waals surface area contributed by atoms with Gasteiger partial charge in [-0.15, -0.1) is 10.2 Å². The third kappa shape index (κ3) is 5.03. The van der Waals surface area contributed by atoms with Crippen molar-refractivity contribution in [3.8, 4) is 0 Å². The highest BCUT2D eigenvalue weighted by molar-refractivity contribution is 5.77. The number of aromatic amines is 1. The maximum Gasteiger partial charge on any atom is 0.305 e. The fourth-order valence-corrected chi connectivity index (χ4v) is 1.04. The van der Waals surface area contributed by atoms with Gasteiger partial charge in [0.2, 0.25) is 0 Å². The molecule has 0 amide bonds. The van der Waals surface area contributed by atoms with Gasteiger partial charge in [0.15, 0.2) is 5.82 Å². The Balaban J connectivity index is 2.04. The van der Waals surface area contributed by atoms with Crippen molar-refractivity contribution in [1.29, 1.82) is 5.41 Å². The Bertz CT molecular complexity index is 336. The van der Waals surface area contributed by atoms with Gasteiger partial charge in [0.1, 0.15) is 0 Å². The van der Waals surface area contributed by atoms with E-state index >= 15 is 0 Å². The molecule has 0 bridgehead atoms. The molecule has 4 N–H and O–H groups in total. The summed E-state index contributed by atoms with van der Waals surface area (Å²) >= 11 is 0. The lowest BCUT2D eigenvalue weighted by Gasteiger charge is -2.02. The van der Waals surface area contributed by atoms with E-state index in [9.17, 15) is 4.79 Å². The standard InChI is InChI=1S/C8H14N6O2/c9-6(10)2-1-3-8(15)16-5-4-7-11-13-14-12-7/h1-5H2,(H3,9,10)(H,11,12,13,14). The average molecular weight is 226 g/mol. The van der Waals surface area contributed by atoms with Crippen LogP contribution >= 0.6 is 0 Å². The number of hydrogen-bond donors (Lipinski definition) is 3. The minimum atomic E-state index is -0.301. The number of hydrogen-bond acceptors (Lipinski definition) is 6. The fraction of sp³-hybridized carbons (Fsp3) is 0.625. The van der Waals surface area contributed by atoms with Crippen molar-refractivity contribution in [3.63, 3.8) is 0 Å². The number of nitrogens with zero attached hydrogens (tertiary/aromatic N) is 3. The second-order valence-electron chi connectivity index (χ2n) is 3.18. The van der Waals surface area contributed by atoms with Gasteiger partial charge in [0.05, 0.1) is 12.4 Å².